The van der Waals surface area contributed by atoms with Crippen LogP contribution in [-0.4, -0.2) is 19.9 Å². The second-order valence-electron chi connectivity index (χ2n) is 14.0. The molecule has 240 valence electrons. The molecule has 4 nitrogen and oxygen atoms in total. The molecule has 0 aliphatic heterocycles. The van der Waals surface area contributed by atoms with Gasteiger partial charge in [-0.3, -0.25) is 15.0 Å². The Balaban J connectivity index is 1.09. The summed E-state index contributed by atoms with van der Waals surface area (Å²) in [4.78, 5) is 19.6. The minimum Gasteiger partial charge on any atom is -0.256 e. The molecule has 0 unspecified atom stereocenters. The van der Waals surface area contributed by atoms with Crippen LogP contribution < -0.4 is 0 Å². The number of benzene rings is 5. The molecular weight excluding hydrogens is 621 g/mol. The maximum Gasteiger partial charge on any atom is 0.0964 e. The predicted octanol–water partition coefficient (Wildman–Crippen LogP) is 11.7. The summed E-state index contributed by atoms with van der Waals surface area (Å²) in [5.41, 5.74) is 16.4. The Labute approximate surface area is 296 Å². The maximum atomic E-state index is 5.33. The minimum absolute atomic E-state index is 0.0982. The number of rotatable bonds is 4. The summed E-state index contributed by atoms with van der Waals surface area (Å²) in [5.74, 6) is 0. The van der Waals surface area contributed by atoms with Crippen LogP contribution in [0.3, 0.4) is 0 Å². The Morgan fingerprint density at radius 3 is 1.86 bits per heavy atom. The van der Waals surface area contributed by atoms with Gasteiger partial charge in [0.1, 0.15) is 0 Å². The fourth-order valence-corrected chi connectivity index (χ4v) is 7.91. The van der Waals surface area contributed by atoms with Gasteiger partial charge in [-0.15, -0.1) is 0 Å². The van der Waals surface area contributed by atoms with Crippen LogP contribution in [0, 0.1) is 0 Å². The number of hydrogen-bond donors (Lipinski definition) is 0. The number of fused-ring (bicyclic) bond motifs is 7. The highest BCUT2D eigenvalue weighted by Gasteiger charge is 2.35. The second kappa shape index (κ2) is 11.3. The van der Waals surface area contributed by atoms with Crippen molar-refractivity contribution in [3.05, 3.63) is 169 Å². The van der Waals surface area contributed by atoms with Crippen LogP contribution >= 0.6 is 0 Å². The van der Waals surface area contributed by atoms with Crippen LogP contribution in [0.4, 0.5) is 0 Å². The molecule has 1 aliphatic rings. The SMILES string of the molecule is CC1(C)c2ccccc2-c2ccc(-c3cc(-c4ccc(-c5cnc6c(ccc7cccnc76)c5)cc4)cc(-c4cccc5cccnc45)n3)cc21. The zero-order valence-electron chi connectivity index (χ0n) is 28.3. The quantitative estimate of drug-likeness (QED) is 0.178. The first-order valence-electron chi connectivity index (χ1n) is 17.4. The smallest absolute Gasteiger partial charge is 0.0964 e. The number of aromatic nitrogens is 4. The fourth-order valence-electron chi connectivity index (χ4n) is 7.91. The fraction of sp³-hybridized carbons (Fsp3) is 0.0638. The van der Waals surface area contributed by atoms with E-state index >= 15 is 0 Å². The Morgan fingerprint density at radius 1 is 0.392 bits per heavy atom. The van der Waals surface area contributed by atoms with Crippen molar-refractivity contribution < 1.29 is 0 Å². The summed E-state index contributed by atoms with van der Waals surface area (Å²) in [6.07, 6.45) is 5.64. The van der Waals surface area contributed by atoms with Gasteiger partial charge in [0.05, 0.1) is 27.9 Å². The van der Waals surface area contributed by atoms with E-state index in [-0.39, 0.29) is 5.41 Å². The van der Waals surface area contributed by atoms with Crippen molar-refractivity contribution in [1.82, 2.24) is 19.9 Å². The highest BCUT2D eigenvalue weighted by Crippen LogP contribution is 2.49. The van der Waals surface area contributed by atoms with Crippen LogP contribution in [0.1, 0.15) is 25.0 Å². The molecule has 4 aromatic heterocycles. The largest absolute Gasteiger partial charge is 0.256 e. The lowest BCUT2D eigenvalue weighted by Gasteiger charge is -2.22. The normalized spacial score (nSPS) is 13.1. The van der Waals surface area contributed by atoms with Crippen molar-refractivity contribution in [3.63, 3.8) is 0 Å². The molecule has 5 aromatic carbocycles. The number of hydrogen-bond acceptors (Lipinski definition) is 4. The molecule has 0 radical (unpaired) electrons. The van der Waals surface area contributed by atoms with E-state index in [0.717, 1.165) is 77.5 Å². The van der Waals surface area contributed by atoms with Gasteiger partial charge in [-0.05, 0) is 75.3 Å². The van der Waals surface area contributed by atoms with Gasteiger partial charge in [-0.25, -0.2) is 4.98 Å². The number of para-hydroxylation sites is 1. The third kappa shape index (κ3) is 4.75. The molecule has 0 fully saturated rings. The van der Waals surface area contributed by atoms with Gasteiger partial charge in [-0.2, -0.15) is 0 Å². The minimum atomic E-state index is -0.0982. The summed E-state index contributed by atoms with van der Waals surface area (Å²) >= 11 is 0. The Bertz CT molecular complexity index is 2830. The molecular formula is C47H32N4. The molecule has 1 aliphatic carbocycles. The standard InChI is InChI=1S/C47H32N4/c1-47(2)40-13-4-3-11-37(40)38-21-20-33(25-41(38)47)42-26-35(27-43(51-42)39-12-5-8-31-9-6-22-48-44(31)39)29-14-16-30(17-15-29)36-24-34-19-18-32-10-7-23-49-45(32)46(34)50-28-36/h3-28H,1-2H3. The molecule has 4 heterocycles. The van der Waals surface area contributed by atoms with Gasteiger partial charge < -0.3 is 0 Å². The molecule has 0 spiro atoms. The second-order valence-corrected chi connectivity index (χ2v) is 14.0. The third-order valence-corrected chi connectivity index (χ3v) is 10.6. The molecule has 0 saturated carbocycles. The van der Waals surface area contributed by atoms with Crippen LogP contribution in [0.25, 0.3) is 88.6 Å². The Morgan fingerprint density at radius 2 is 1.02 bits per heavy atom. The van der Waals surface area contributed by atoms with E-state index in [4.69, 9.17) is 15.0 Å². The van der Waals surface area contributed by atoms with Crippen LogP contribution in [0.2, 0.25) is 0 Å². The average molecular weight is 653 g/mol. The molecule has 10 rings (SSSR count). The van der Waals surface area contributed by atoms with Gasteiger partial charge >= 0.3 is 0 Å². The van der Waals surface area contributed by atoms with Gasteiger partial charge in [-0.1, -0.05) is 117 Å². The van der Waals surface area contributed by atoms with Crippen molar-refractivity contribution in [3.8, 4) is 55.9 Å². The molecule has 0 bridgehead atoms. The van der Waals surface area contributed by atoms with Crippen LogP contribution in [-0.2, 0) is 5.41 Å². The van der Waals surface area contributed by atoms with Crippen molar-refractivity contribution in [2.24, 2.45) is 0 Å². The summed E-state index contributed by atoms with van der Waals surface area (Å²) in [5, 5.41) is 3.27. The van der Waals surface area contributed by atoms with Gasteiger partial charge in [0.2, 0.25) is 0 Å². The van der Waals surface area contributed by atoms with Crippen molar-refractivity contribution in [1.29, 1.82) is 0 Å². The summed E-state index contributed by atoms with van der Waals surface area (Å²) in [7, 11) is 0. The van der Waals surface area contributed by atoms with E-state index in [2.05, 4.69) is 146 Å². The van der Waals surface area contributed by atoms with E-state index < -0.39 is 0 Å². The van der Waals surface area contributed by atoms with Gasteiger partial charge in [0.15, 0.2) is 0 Å². The maximum absolute atomic E-state index is 5.33. The number of pyridine rings is 4. The van der Waals surface area contributed by atoms with Crippen LogP contribution in [0.5, 0.6) is 0 Å². The highest BCUT2D eigenvalue weighted by molar-refractivity contribution is 6.03. The lowest BCUT2D eigenvalue weighted by Crippen LogP contribution is -2.14. The van der Waals surface area contributed by atoms with E-state index in [1.807, 2.05) is 30.7 Å². The lowest BCUT2D eigenvalue weighted by molar-refractivity contribution is 0.660. The first-order chi connectivity index (χ1) is 25.0. The summed E-state index contributed by atoms with van der Waals surface area (Å²) < 4.78 is 0. The summed E-state index contributed by atoms with van der Waals surface area (Å²) in [6, 6.07) is 49.7. The summed E-state index contributed by atoms with van der Waals surface area (Å²) in [6.45, 7) is 4.65. The van der Waals surface area contributed by atoms with E-state index in [1.165, 1.54) is 22.3 Å². The van der Waals surface area contributed by atoms with Crippen molar-refractivity contribution in [2.75, 3.05) is 0 Å². The predicted molar refractivity (Wildman–Crippen MR) is 209 cm³/mol. The first-order valence-corrected chi connectivity index (χ1v) is 17.4. The molecule has 4 heteroatoms. The molecule has 51 heavy (non-hydrogen) atoms. The molecule has 0 N–H and O–H groups in total. The van der Waals surface area contributed by atoms with Gasteiger partial charge in [0.25, 0.3) is 0 Å². The monoisotopic (exact) mass is 652 g/mol. The van der Waals surface area contributed by atoms with Gasteiger partial charge in [0, 0.05) is 56.9 Å². The molecule has 0 saturated heterocycles. The van der Waals surface area contributed by atoms with E-state index in [9.17, 15) is 0 Å². The zero-order chi connectivity index (χ0) is 34.1. The Kier molecular flexibility index (Phi) is 6.49. The topological polar surface area (TPSA) is 51.6 Å². The first kappa shape index (κ1) is 29.4. The van der Waals surface area contributed by atoms with E-state index in [1.54, 1.807) is 0 Å². The molecule has 0 atom stereocenters. The third-order valence-electron chi connectivity index (χ3n) is 10.6. The van der Waals surface area contributed by atoms with Crippen LogP contribution in [0.15, 0.2) is 158 Å². The highest BCUT2D eigenvalue weighted by atomic mass is 14.7. The van der Waals surface area contributed by atoms with Crippen molar-refractivity contribution >= 4 is 32.7 Å². The molecule has 0 amide bonds. The lowest BCUT2D eigenvalue weighted by atomic mass is 9.82. The zero-order valence-corrected chi connectivity index (χ0v) is 28.3. The van der Waals surface area contributed by atoms with E-state index in [0.29, 0.717) is 0 Å². The molecule has 9 aromatic rings. The average Bonchev–Trinajstić information content (AvgIpc) is 3.42. The number of nitrogens with zero attached hydrogens (tertiary/aromatic N) is 4. The Hall–Kier alpha value is -6.52. The van der Waals surface area contributed by atoms with Crippen molar-refractivity contribution in [2.45, 2.75) is 19.3 Å².